The van der Waals surface area contributed by atoms with E-state index in [4.69, 9.17) is 14.2 Å². The maximum Gasteiger partial charge on any atom is 0.218 e. The normalized spacial score (nSPS) is 10.8. The molecule has 1 aromatic rings. The van der Waals surface area contributed by atoms with Crippen LogP contribution in [0.3, 0.4) is 0 Å². The first-order valence-electron chi connectivity index (χ1n) is 7.01. The van der Waals surface area contributed by atoms with Crippen molar-refractivity contribution in [2.45, 2.75) is 32.8 Å². The number of rotatable bonds is 11. The van der Waals surface area contributed by atoms with Crippen molar-refractivity contribution in [1.29, 1.82) is 0 Å². The van der Waals surface area contributed by atoms with E-state index in [1.165, 1.54) is 6.33 Å². The second kappa shape index (κ2) is 10.4. The van der Waals surface area contributed by atoms with Gasteiger partial charge in [0.2, 0.25) is 5.88 Å². The molecule has 0 unspecified atom stereocenters. The van der Waals surface area contributed by atoms with Crippen LogP contribution in [-0.4, -0.2) is 49.5 Å². The highest BCUT2D eigenvalue weighted by Gasteiger charge is 2.01. The minimum Gasteiger partial charge on any atom is -0.475 e. The first-order valence-corrected chi connectivity index (χ1v) is 7.01. The molecule has 20 heavy (non-hydrogen) atoms. The van der Waals surface area contributed by atoms with Crippen molar-refractivity contribution < 1.29 is 14.2 Å². The summed E-state index contributed by atoms with van der Waals surface area (Å²) >= 11 is 0. The average molecular weight is 283 g/mol. The Balaban J connectivity index is 2.12. The van der Waals surface area contributed by atoms with Crippen LogP contribution in [0, 0.1) is 0 Å². The highest BCUT2D eigenvalue weighted by Crippen LogP contribution is 2.12. The third kappa shape index (κ3) is 7.91. The van der Waals surface area contributed by atoms with Crippen molar-refractivity contribution in [1.82, 2.24) is 9.97 Å². The number of unbranched alkanes of at least 4 members (excludes halogenated alkanes) is 1. The zero-order chi connectivity index (χ0) is 14.6. The number of hydrogen-bond donors (Lipinski definition) is 1. The summed E-state index contributed by atoms with van der Waals surface area (Å²) in [4.78, 5) is 8.22. The molecule has 0 aliphatic heterocycles. The molecule has 0 saturated heterocycles. The van der Waals surface area contributed by atoms with Crippen molar-refractivity contribution in [3.8, 4) is 5.88 Å². The zero-order valence-electron chi connectivity index (χ0n) is 12.6. The van der Waals surface area contributed by atoms with Gasteiger partial charge in [-0.3, -0.25) is 0 Å². The lowest BCUT2D eigenvalue weighted by Crippen LogP contribution is -2.09. The SMILES string of the molecule is COCCOCCCCNc1cc(OC(C)C)ncn1. The fourth-order valence-electron chi connectivity index (χ4n) is 1.53. The van der Waals surface area contributed by atoms with Gasteiger partial charge in [0.15, 0.2) is 0 Å². The van der Waals surface area contributed by atoms with Crippen LogP contribution in [0.25, 0.3) is 0 Å². The molecule has 0 aliphatic rings. The van der Waals surface area contributed by atoms with Crippen LogP contribution in [0.15, 0.2) is 12.4 Å². The van der Waals surface area contributed by atoms with Crippen LogP contribution in [0.5, 0.6) is 5.88 Å². The second-order valence-corrected chi connectivity index (χ2v) is 4.65. The van der Waals surface area contributed by atoms with Gasteiger partial charge in [-0.25, -0.2) is 9.97 Å². The molecule has 0 aliphatic carbocycles. The summed E-state index contributed by atoms with van der Waals surface area (Å²) in [5.41, 5.74) is 0. The lowest BCUT2D eigenvalue weighted by atomic mass is 10.3. The zero-order valence-corrected chi connectivity index (χ0v) is 12.6. The van der Waals surface area contributed by atoms with E-state index in [1.807, 2.05) is 19.9 Å². The third-order valence-corrected chi connectivity index (χ3v) is 2.45. The van der Waals surface area contributed by atoms with Gasteiger partial charge in [0.05, 0.1) is 19.3 Å². The molecule has 1 rings (SSSR count). The molecule has 114 valence electrons. The van der Waals surface area contributed by atoms with Gasteiger partial charge in [0, 0.05) is 26.3 Å². The Bertz CT molecular complexity index is 361. The number of aromatic nitrogens is 2. The fraction of sp³-hybridized carbons (Fsp3) is 0.714. The van der Waals surface area contributed by atoms with Gasteiger partial charge < -0.3 is 19.5 Å². The Morgan fingerprint density at radius 2 is 2.00 bits per heavy atom. The van der Waals surface area contributed by atoms with E-state index >= 15 is 0 Å². The van der Waals surface area contributed by atoms with Crippen LogP contribution < -0.4 is 10.1 Å². The molecule has 1 aromatic heterocycles. The highest BCUT2D eigenvalue weighted by atomic mass is 16.5. The van der Waals surface area contributed by atoms with Gasteiger partial charge in [-0.1, -0.05) is 0 Å². The molecule has 0 fully saturated rings. The minimum absolute atomic E-state index is 0.113. The monoisotopic (exact) mass is 283 g/mol. The second-order valence-electron chi connectivity index (χ2n) is 4.65. The van der Waals surface area contributed by atoms with Crippen LogP contribution in [-0.2, 0) is 9.47 Å². The van der Waals surface area contributed by atoms with E-state index < -0.39 is 0 Å². The smallest absolute Gasteiger partial charge is 0.218 e. The Morgan fingerprint density at radius 3 is 2.75 bits per heavy atom. The topological polar surface area (TPSA) is 65.5 Å². The standard InChI is InChI=1S/C14H25N3O3/c1-12(2)20-14-10-13(16-11-17-14)15-6-4-5-7-19-9-8-18-3/h10-12H,4-9H2,1-3H3,(H,15,16,17). The maximum atomic E-state index is 5.51. The summed E-state index contributed by atoms with van der Waals surface area (Å²) in [6.07, 6.45) is 3.66. The van der Waals surface area contributed by atoms with Crippen LogP contribution >= 0.6 is 0 Å². The van der Waals surface area contributed by atoms with E-state index in [9.17, 15) is 0 Å². The molecule has 6 nitrogen and oxygen atoms in total. The largest absolute Gasteiger partial charge is 0.475 e. The van der Waals surface area contributed by atoms with E-state index in [2.05, 4.69) is 15.3 Å². The van der Waals surface area contributed by atoms with E-state index in [0.717, 1.165) is 31.8 Å². The summed E-state index contributed by atoms with van der Waals surface area (Å²) in [7, 11) is 1.67. The Kier molecular flexibility index (Phi) is 8.66. The molecule has 6 heteroatoms. The Hall–Kier alpha value is -1.40. The molecule has 0 aromatic carbocycles. The highest BCUT2D eigenvalue weighted by molar-refractivity contribution is 5.36. The predicted molar refractivity (Wildman–Crippen MR) is 78.2 cm³/mol. The van der Waals surface area contributed by atoms with E-state index in [-0.39, 0.29) is 6.10 Å². The molecular formula is C14H25N3O3. The maximum absolute atomic E-state index is 5.51. The summed E-state index contributed by atoms with van der Waals surface area (Å²) < 4.78 is 15.8. The van der Waals surface area contributed by atoms with Gasteiger partial charge in [-0.15, -0.1) is 0 Å². The molecule has 0 amide bonds. The van der Waals surface area contributed by atoms with Gasteiger partial charge in [-0.2, -0.15) is 0 Å². The first-order chi connectivity index (χ1) is 9.72. The molecule has 0 spiro atoms. The van der Waals surface area contributed by atoms with Gasteiger partial charge in [0.25, 0.3) is 0 Å². The number of ether oxygens (including phenoxy) is 3. The summed E-state index contributed by atoms with van der Waals surface area (Å²) in [5.74, 6) is 1.39. The molecular weight excluding hydrogens is 258 g/mol. The lowest BCUT2D eigenvalue weighted by Gasteiger charge is -2.10. The van der Waals surface area contributed by atoms with Crippen molar-refractivity contribution >= 4 is 5.82 Å². The predicted octanol–water partition coefficient (Wildman–Crippen LogP) is 2.12. The molecule has 1 N–H and O–H groups in total. The lowest BCUT2D eigenvalue weighted by molar-refractivity contribution is 0.0691. The Labute approximate surface area is 120 Å². The average Bonchev–Trinajstić information content (AvgIpc) is 2.41. The molecule has 0 saturated carbocycles. The first kappa shape index (κ1) is 16.7. The van der Waals surface area contributed by atoms with Gasteiger partial charge in [0.1, 0.15) is 12.1 Å². The van der Waals surface area contributed by atoms with E-state index in [1.54, 1.807) is 7.11 Å². The molecule has 0 bridgehead atoms. The Morgan fingerprint density at radius 1 is 1.15 bits per heavy atom. The number of nitrogens with one attached hydrogen (secondary N) is 1. The van der Waals surface area contributed by atoms with Crippen LogP contribution in [0.1, 0.15) is 26.7 Å². The molecule has 1 heterocycles. The van der Waals surface area contributed by atoms with Gasteiger partial charge >= 0.3 is 0 Å². The fourth-order valence-corrected chi connectivity index (χ4v) is 1.53. The quantitative estimate of drug-likeness (QED) is 0.628. The van der Waals surface area contributed by atoms with Crippen LogP contribution in [0.4, 0.5) is 5.82 Å². The van der Waals surface area contributed by atoms with Crippen molar-refractivity contribution in [2.75, 3.05) is 38.8 Å². The summed E-state index contributed by atoms with van der Waals surface area (Å²) in [6, 6.07) is 1.81. The van der Waals surface area contributed by atoms with Crippen LogP contribution in [0.2, 0.25) is 0 Å². The number of nitrogens with zero attached hydrogens (tertiary/aromatic N) is 2. The third-order valence-electron chi connectivity index (χ3n) is 2.45. The van der Waals surface area contributed by atoms with Crippen molar-refractivity contribution in [2.24, 2.45) is 0 Å². The number of hydrogen-bond acceptors (Lipinski definition) is 6. The molecule has 0 radical (unpaired) electrons. The van der Waals surface area contributed by atoms with E-state index in [0.29, 0.717) is 19.1 Å². The van der Waals surface area contributed by atoms with Gasteiger partial charge in [-0.05, 0) is 26.7 Å². The molecule has 0 atom stereocenters. The number of anilines is 1. The minimum atomic E-state index is 0.113. The summed E-state index contributed by atoms with van der Waals surface area (Å²) in [6.45, 7) is 6.86. The summed E-state index contributed by atoms with van der Waals surface area (Å²) in [5, 5.41) is 3.25. The number of methoxy groups -OCH3 is 1. The van der Waals surface area contributed by atoms with Crippen molar-refractivity contribution in [3.05, 3.63) is 12.4 Å². The van der Waals surface area contributed by atoms with Crippen molar-refractivity contribution in [3.63, 3.8) is 0 Å².